The number of carbonyl (C=O) groups is 3. The molecule has 7 nitrogen and oxygen atoms in total. The molecular weight excluding hydrogens is 464 g/mol. The van der Waals surface area contributed by atoms with Crippen LogP contribution >= 0.6 is 0 Å². The van der Waals surface area contributed by atoms with Gasteiger partial charge >= 0.3 is 0 Å². The summed E-state index contributed by atoms with van der Waals surface area (Å²) in [5.41, 5.74) is 0.619. The number of amides is 3. The molecule has 1 saturated carbocycles. The van der Waals surface area contributed by atoms with Crippen LogP contribution in [-0.4, -0.2) is 45.5 Å². The van der Waals surface area contributed by atoms with E-state index < -0.39 is 51.8 Å². The van der Waals surface area contributed by atoms with Gasteiger partial charge in [0.2, 0.25) is 17.7 Å². The van der Waals surface area contributed by atoms with Crippen molar-refractivity contribution >= 4 is 39.9 Å². The number of nitrogens with zero attached hydrogens (tertiary/aromatic N) is 1. The van der Waals surface area contributed by atoms with Crippen LogP contribution in [0.5, 0.6) is 0 Å². The Labute approximate surface area is 199 Å². The van der Waals surface area contributed by atoms with Crippen molar-refractivity contribution in [3.63, 3.8) is 0 Å². The fraction of sp³-hybridized carbons (Fsp3) is 0.375. The molecule has 0 saturated heterocycles. The highest BCUT2D eigenvalue weighted by Crippen LogP contribution is 2.21. The normalized spacial score (nSPS) is 15.4. The molecule has 2 atom stereocenters. The molecule has 0 unspecified atom stereocenters. The van der Waals surface area contributed by atoms with E-state index in [1.165, 1.54) is 53.4 Å². The Morgan fingerprint density at radius 3 is 2.12 bits per heavy atom. The van der Waals surface area contributed by atoms with E-state index in [4.69, 9.17) is 0 Å². The molecule has 0 bridgehead atoms. The quantitative estimate of drug-likeness (QED) is 0.564. The van der Waals surface area contributed by atoms with Crippen molar-refractivity contribution in [1.29, 1.82) is 0 Å². The van der Waals surface area contributed by atoms with Crippen LogP contribution in [0.2, 0.25) is 0 Å². The number of anilines is 2. The first-order valence-electron chi connectivity index (χ1n) is 11.0. The molecule has 1 aliphatic rings. The lowest BCUT2D eigenvalue weighted by molar-refractivity contribution is -0.125. The molecule has 3 rings (SSSR count). The van der Waals surface area contributed by atoms with Crippen LogP contribution in [0.4, 0.5) is 20.2 Å². The monoisotopic (exact) mass is 491 g/mol. The summed E-state index contributed by atoms with van der Waals surface area (Å²) in [6.45, 7) is 1.55. The van der Waals surface area contributed by atoms with Gasteiger partial charge in [-0.2, -0.15) is 0 Å². The minimum atomic E-state index is -1.87. The van der Waals surface area contributed by atoms with Gasteiger partial charge in [0.05, 0.1) is 0 Å². The number of carbonyl (C=O) groups excluding carboxylic acids is 3. The zero-order valence-corrected chi connectivity index (χ0v) is 19.6. The summed E-state index contributed by atoms with van der Waals surface area (Å²) in [4.78, 5) is 39.3. The van der Waals surface area contributed by atoms with Crippen molar-refractivity contribution in [1.82, 2.24) is 5.32 Å². The largest absolute Gasteiger partial charge is 0.352 e. The molecule has 2 N–H and O–H groups in total. The fourth-order valence-electron chi connectivity index (χ4n) is 3.83. The third kappa shape index (κ3) is 7.18. The lowest BCUT2D eigenvalue weighted by Crippen LogP contribution is -2.51. The molecule has 0 radical (unpaired) electrons. The Bertz CT molecular complexity index is 1040. The van der Waals surface area contributed by atoms with Gasteiger partial charge in [0.1, 0.15) is 29.2 Å². The van der Waals surface area contributed by atoms with E-state index in [0.29, 0.717) is 5.69 Å². The van der Waals surface area contributed by atoms with Crippen LogP contribution in [0.25, 0.3) is 0 Å². The molecule has 0 heterocycles. The summed E-state index contributed by atoms with van der Waals surface area (Å²) in [5.74, 6) is -3.51. The molecule has 10 heteroatoms. The van der Waals surface area contributed by atoms with Crippen LogP contribution in [-0.2, 0) is 25.2 Å². The van der Waals surface area contributed by atoms with Crippen LogP contribution in [0.1, 0.15) is 32.6 Å². The predicted molar refractivity (Wildman–Crippen MR) is 127 cm³/mol. The number of nitrogens with one attached hydrogen (secondary N) is 2. The second-order valence-corrected chi connectivity index (χ2v) is 9.65. The van der Waals surface area contributed by atoms with Gasteiger partial charge < -0.3 is 10.6 Å². The van der Waals surface area contributed by atoms with Crippen molar-refractivity contribution in [2.24, 2.45) is 0 Å². The molecule has 0 aliphatic heterocycles. The third-order valence-electron chi connectivity index (χ3n) is 5.55. The topological polar surface area (TPSA) is 95.6 Å². The number of rotatable bonds is 9. The Balaban J connectivity index is 1.66. The number of halogens is 2. The number of hydrogen-bond donors (Lipinski definition) is 2. The third-order valence-corrected chi connectivity index (χ3v) is 6.70. The van der Waals surface area contributed by atoms with Gasteiger partial charge in [0.25, 0.3) is 0 Å². The average Bonchev–Trinajstić information content (AvgIpc) is 3.29. The van der Waals surface area contributed by atoms with Crippen LogP contribution in [0, 0.1) is 11.6 Å². The second-order valence-electron chi connectivity index (χ2n) is 8.19. The summed E-state index contributed by atoms with van der Waals surface area (Å²) in [7, 11) is -1.87. The molecule has 3 amide bonds. The average molecular weight is 492 g/mol. The summed E-state index contributed by atoms with van der Waals surface area (Å²) < 4.78 is 39.0. The van der Waals surface area contributed by atoms with Gasteiger partial charge in [-0.1, -0.05) is 12.8 Å². The Morgan fingerprint density at radius 2 is 1.53 bits per heavy atom. The Morgan fingerprint density at radius 1 is 0.971 bits per heavy atom. The van der Waals surface area contributed by atoms with Crippen LogP contribution in [0.3, 0.4) is 0 Å². The molecule has 182 valence electrons. The van der Waals surface area contributed by atoms with E-state index >= 15 is 0 Å². The zero-order chi connectivity index (χ0) is 24.7. The van der Waals surface area contributed by atoms with Gasteiger partial charge in [0, 0.05) is 28.2 Å². The maximum absolute atomic E-state index is 13.4. The van der Waals surface area contributed by atoms with Crippen molar-refractivity contribution in [2.45, 2.75) is 44.7 Å². The van der Waals surface area contributed by atoms with E-state index in [1.807, 2.05) is 0 Å². The zero-order valence-electron chi connectivity index (χ0n) is 18.8. The van der Waals surface area contributed by atoms with Gasteiger partial charge in [-0.05, 0) is 68.3 Å². The van der Waals surface area contributed by atoms with Crippen molar-refractivity contribution in [3.05, 3.63) is 60.2 Å². The first-order valence-corrected chi connectivity index (χ1v) is 12.5. The first-order chi connectivity index (χ1) is 16.2. The Hall–Kier alpha value is -3.14. The number of hydrogen-bond acceptors (Lipinski definition) is 4. The molecule has 0 spiro atoms. The maximum Gasteiger partial charge on any atom is 0.243 e. The van der Waals surface area contributed by atoms with E-state index in [2.05, 4.69) is 10.6 Å². The standard InChI is InChI=1S/C24H27F2N3O4S/c1-16(24(32)28-19-4-2-3-5-19)29(21-12-8-18(26)9-13-21)23(31)15-34(33)14-22(30)27-20-10-6-17(25)7-11-20/h6-13,16,19H,2-5,14-15H2,1H3,(H,27,30)(H,28,32)/t16-,34+/m0/s1. The lowest BCUT2D eigenvalue weighted by atomic mass is 10.1. The van der Waals surface area contributed by atoms with Crippen molar-refractivity contribution in [3.8, 4) is 0 Å². The lowest BCUT2D eigenvalue weighted by Gasteiger charge is -2.29. The summed E-state index contributed by atoms with van der Waals surface area (Å²) >= 11 is 0. The number of benzene rings is 2. The minimum Gasteiger partial charge on any atom is -0.352 e. The van der Waals surface area contributed by atoms with Crippen molar-refractivity contribution in [2.75, 3.05) is 21.7 Å². The fourth-order valence-corrected chi connectivity index (χ4v) is 4.71. The SMILES string of the molecule is C[C@@H](C(=O)NC1CCCC1)N(C(=O)C[S@](=O)CC(=O)Nc1ccc(F)cc1)c1ccc(F)cc1. The smallest absolute Gasteiger partial charge is 0.243 e. The van der Waals surface area contributed by atoms with Crippen LogP contribution < -0.4 is 15.5 Å². The molecule has 2 aromatic carbocycles. The second kappa shape index (κ2) is 11.8. The van der Waals surface area contributed by atoms with E-state index in [0.717, 1.165) is 25.7 Å². The molecule has 2 aromatic rings. The predicted octanol–water partition coefficient (Wildman–Crippen LogP) is 3.13. The van der Waals surface area contributed by atoms with E-state index in [1.54, 1.807) is 6.92 Å². The summed E-state index contributed by atoms with van der Waals surface area (Å²) in [6.07, 6.45) is 3.80. The van der Waals surface area contributed by atoms with E-state index in [9.17, 15) is 27.4 Å². The van der Waals surface area contributed by atoms with Gasteiger partial charge in [-0.15, -0.1) is 0 Å². The minimum absolute atomic E-state index is 0.0457. The summed E-state index contributed by atoms with van der Waals surface area (Å²) in [5, 5.41) is 5.43. The molecular formula is C24H27F2N3O4S. The molecule has 1 aliphatic carbocycles. The van der Waals surface area contributed by atoms with Crippen LogP contribution in [0.15, 0.2) is 48.5 Å². The maximum atomic E-state index is 13.4. The molecule has 34 heavy (non-hydrogen) atoms. The van der Waals surface area contributed by atoms with E-state index in [-0.39, 0.29) is 17.6 Å². The Kier molecular flexibility index (Phi) is 8.86. The molecule has 0 aromatic heterocycles. The van der Waals surface area contributed by atoms with Gasteiger partial charge in [-0.25, -0.2) is 8.78 Å². The highest BCUT2D eigenvalue weighted by Gasteiger charge is 2.30. The highest BCUT2D eigenvalue weighted by atomic mass is 32.2. The first kappa shape index (κ1) is 25.5. The summed E-state index contributed by atoms with van der Waals surface area (Å²) in [6, 6.07) is 9.28. The molecule has 1 fully saturated rings. The highest BCUT2D eigenvalue weighted by molar-refractivity contribution is 7.86. The van der Waals surface area contributed by atoms with Gasteiger partial charge in [-0.3, -0.25) is 23.5 Å². The van der Waals surface area contributed by atoms with Crippen molar-refractivity contribution < 1.29 is 27.4 Å². The van der Waals surface area contributed by atoms with Gasteiger partial charge in [0.15, 0.2) is 0 Å².